The Morgan fingerprint density at radius 1 is 0.583 bits per heavy atom. The smallest absolute Gasteiger partial charge is 0.0713 e. The second kappa shape index (κ2) is 11.5. The molecular weight excluding hydrogens is 646 g/mol. The van der Waals surface area contributed by atoms with E-state index in [1.54, 1.807) is 0 Å². The molecule has 0 aromatic heterocycles. The Kier molecular flexibility index (Phi) is 7.23. The third kappa shape index (κ3) is 4.29. The zero-order valence-electron chi connectivity index (χ0n) is 27.3. The summed E-state index contributed by atoms with van der Waals surface area (Å²) in [6.45, 7) is 13.0. The zero-order chi connectivity index (χ0) is 33.0. The summed E-state index contributed by atoms with van der Waals surface area (Å²) in [4.78, 5) is 2.39. The number of halogens is 1. The van der Waals surface area contributed by atoms with E-state index in [0.29, 0.717) is 0 Å². The van der Waals surface area contributed by atoms with Crippen LogP contribution in [-0.2, 0) is 10.8 Å². The number of hydrogen-bond acceptors (Lipinski definition) is 1. The van der Waals surface area contributed by atoms with E-state index < -0.39 is 5.41 Å². The standard InChI is InChI=1S/C46H36BrN/c1-5-17-31(6-2)46(32-18-9-7-10-19-32)41-25-16-14-22-36(41)38-28-34(26-27-42(38)46)48(33-20-11-8-12-21-33)35-29-39-37-23-13-15-24-40(37)45(3,4)44(39)43(47)30-35/h5-30H,1-2H2,3-4H3/b31-17+. The number of nitrogens with zero attached hydrogens (tertiary/aromatic N) is 1. The van der Waals surface area contributed by atoms with Crippen molar-refractivity contribution in [1.29, 1.82) is 0 Å². The highest BCUT2D eigenvalue weighted by Crippen LogP contribution is 2.58. The molecule has 0 saturated heterocycles. The van der Waals surface area contributed by atoms with Crippen molar-refractivity contribution in [2.75, 3.05) is 4.90 Å². The molecule has 1 nitrogen and oxygen atoms in total. The molecule has 2 heteroatoms. The van der Waals surface area contributed by atoms with Gasteiger partial charge in [0.1, 0.15) is 0 Å². The maximum atomic E-state index is 4.30. The van der Waals surface area contributed by atoms with Crippen LogP contribution in [0.25, 0.3) is 22.3 Å². The van der Waals surface area contributed by atoms with Gasteiger partial charge >= 0.3 is 0 Å². The van der Waals surface area contributed by atoms with Crippen LogP contribution < -0.4 is 4.90 Å². The van der Waals surface area contributed by atoms with Gasteiger partial charge in [-0.15, -0.1) is 0 Å². The normalized spacial score (nSPS) is 16.8. The van der Waals surface area contributed by atoms with E-state index in [4.69, 9.17) is 0 Å². The van der Waals surface area contributed by atoms with E-state index >= 15 is 0 Å². The van der Waals surface area contributed by atoms with Crippen LogP contribution in [-0.4, -0.2) is 0 Å². The van der Waals surface area contributed by atoms with Crippen molar-refractivity contribution in [3.05, 3.63) is 209 Å². The first-order valence-electron chi connectivity index (χ1n) is 16.5. The lowest BCUT2D eigenvalue weighted by Crippen LogP contribution is -2.29. The quantitative estimate of drug-likeness (QED) is 0.152. The molecule has 0 bridgehead atoms. The van der Waals surface area contributed by atoms with E-state index in [2.05, 4.69) is 193 Å². The number of allylic oxidation sites excluding steroid dienone is 4. The van der Waals surface area contributed by atoms with Gasteiger partial charge in [0.05, 0.1) is 5.41 Å². The third-order valence-corrected chi connectivity index (χ3v) is 10.9. The van der Waals surface area contributed by atoms with Crippen LogP contribution in [0.2, 0.25) is 0 Å². The number of fused-ring (bicyclic) bond motifs is 6. The molecule has 0 N–H and O–H groups in total. The largest absolute Gasteiger partial charge is 0.310 e. The summed E-state index contributed by atoms with van der Waals surface area (Å²) >= 11 is 4.05. The van der Waals surface area contributed by atoms with Crippen molar-refractivity contribution in [2.45, 2.75) is 24.7 Å². The topological polar surface area (TPSA) is 3.24 Å². The molecule has 0 radical (unpaired) electrons. The average Bonchev–Trinajstić information content (AvgIpc) is 3.54. The molecule has 0 aliphatic heterocycles. The van der Waals surface area contributed by atoms with Crippen LogP contribution in [0, 0.1) is 0 Å². The molecule has 0 spiro atoms. The molecule has 2 aliphatic rings. The molecule has 0 amide bonds. The fraction of sp³-hybridized carbons (Fsp3) is 0.0870. The fourth-order valence-corrected chi connectivity index (χ4v) is 9.30. The van der Waals surface area contributed by atoms with Gasteiger partial charge in [0.2, 0.25) is 0 Å². The van der Waals surface area contributed by atoms with Crippen LogP contribution in [0.1, 0.15) is 41.7 Å². The van der Waals surface area contributed by atoms with E-state index in [1.165, 1.54) is 50.1 Å². The highest BCUT2D eigenvalue weighted by molar-refractivity contribution is 9.10. The minimum atomic E-state index is -0.523. The van der Waals surface area contributed by atoms with Crippen LogP contribution >= 0.6 is 15.9 Å². The Morgan fingerprint density at radius 2 is 1.17 bits per heavy atom. The highest BCUT2D eigenvalue weighted by Gasteiger charge is 2.46. The first-order chi connectivity index (χ1) is 23.4. The average molecular weight is 683 g/mol. The second-order valence-corrected chi connectivity index (χ2v) is 14.0. The maximum Gasteiger partial charge on any atom is 0.0713 e. The van der Waals surface area contributed by atoms with Crippen molar-refractivity contribution >= 4 is 33.0 Å². The molecule has 2 aliphatic carbocycles. The molecule has 1 atom stereocenters. The summed E-state index contributed by atoms with van der Waals surface area (Å²) in [6, 6.07) is 50.8. The summed E-state index contributed by atoms with van der Waals surface area (Å²) in [7, 11) is 0. The Labute approximate surface area is 292 Å². The predicted octanol–water partition coefficient (Wildman–Crippen LogP) is 12.8. The lowest BCUT2D eigenvalue weighted by atomic mass is 9.67. The van der Waals surface area contributed by atoms with Crippen LogP contribution in [0.4, 0.5) is 17.1 Å². The summed E-state index contributed by atoms with van der Waals surface area (Å²) in [5.74, 6) is 0. The van der Waals surface area contributed by atoms with E-state index in [9.17, 15) is 0 Å². The van der Waals surface area contributed by atoms with Gasteiger partial charge in [-0.05, 0) is 92.0 Å². The van der Waals surface area contributed by atoms with E-state index in [1.807, 2.05) is 12.2 Å². The third-order valence-electron chi connectivity index (χ3n) is 10.3. The van der Waals surface area contributed by atoms with Gasteiger partial charge in [-0.1, -0.05) is 164 Å². The zero-order valence-corrected chi connectivity index (χ0v) is 28.8. The maximum absolute atomic E-state index is 4.30. The van der Waals surface area contributed by atoms with Crippen LogP contribution in [0.3, 0.4) is 0 Å². The van der Waals surface area contributed by atoms with Crippen molar-refractivity contribution < 1.29 is 0 Å². The summed E-state index contributed by atoms with van der Waals surface area (Å²) in [5.41, 5.74) is 15.2. The van der Waals surface area contributed by atoms with Gasteiger partial charge in [0, 0.05) is 26.9 Å². The number of rotatable bonds is 7. The van der Waals surface area contributed by atoms with Crippen LogP contribution in [0.15, 0.2) is 181 Å². The summed E-state index contributed by atoms with van der Waals surface area (Å²) in [6.07, 6.45) is 5.97. The molecule has 0 saturated carbocycles. The number of para-hydroxylation sites is 1. The minimum absolute atomic E-state index is 0.0965. The van der Waals surface area contributed by atoms with Crippen molar-refractivity contribution in [3.8, 4) is 22.3 Å². The van der Waals surface area contributed by atoms with Gasteiger partial charge < -0.3 is 4.90 Å². The summed E-state index contributed by atoms with van der Waals surface area (Å²) in [5, 5.41) is 0. The Morgan fingerprint density at radius 3 is 1.85 bits per heavy atom. The monoisotopic (exact) mass is 681 g/mol. The molecule has 6 aromatic rings. The fourth-order valence-electron chi connectivity index (χ4n) is 8.35. The number of hydrogen-bond donors (Lipinski definition) is 0. The highest BCUT2D eigenvalue weighted by atomic mass is 79.9. The van der Waals surface area contributed by atoms with Crippen molar-refractivity contribution in [1.82, 2.24) is 0 Å². The molecule has 1 unspecified atom stereocenters. The molecule has 48 heavy (non-hydrogen) atoms. The molecular formula is C46H36BrN. The first-order valence-corrected chi connectivity index (χ1v) is 17.2. The first kappa shape index (κ1) is 30.2. The molecule has 232 valence electrons. The Balaban J connectivity index is 1.39. The lowest BCUT2D eigenvalue weighted by Gasteiger charge is -2.35. The van der Waals surface area contributed by atoms with Gasteiger partial charge in [-0.2, -0.15) is 0 Å². The van der Waals surface area contributed by atoms with E-state index in [-0.39, 0.29) is 5.41 Å². The minimum Gasteiger partial charge on any atom is -0.310 e. The Bertz CT molecular complexity index is 2260. The molecule has 8 rings (SSSR count). The van der Waals surface area contributed by atoms with E-state index in [0.717, 1.165) is 27.1 Å². The van der Waals surface area contributed by atoms with Gasteiger partial charge in [-0.3, -0.25) is 0 Å². The van der Waals surface area contributed by atoms with Gasteiger partial charge in [0.15, 0.2) is 0 Å². The van der Waals surface area contributed by atoms with Gasteiger partial charge in [-0.25, -0.2) is 0 Å². The molecule has 0 heterocycles. The predicted molar refractivity (Wildman–Crippen MR) is 207 cm³/mol. The van der Waals surface area contributed by atoms with Crippen molar-refractivity contribution in [3.63, 3.8) is 0 Å². The number of anilines is 3. The Hall–Kier alpha value is -5.18. The SMILES string of the molecule is C=C/C=C(\C=C)C1(c2ccccc2)c2ccccc2-c2cc(N(c3ccccc3)c3cc(Br)c4c(c3)-c3ccccc3C4(C)C)ccc21. The van der Waals surface area contributed by atoms with Crippen molar-refractivity contribution in [2.24, 2.45) is 0 Å². The number of benzene rings is 6. The summed E-state index contributed by atoms with van der Waals surface area (Å²) < 4.78 is 1.12. The van der Waals surface area contributed by atoms with Gasteiger partial charge in [0.25, 0.3) is 0 Å². The molecule has 6 aromatic carbocycles. The second-order valence-electron chi connectivity index (χ2n) is 13.1. The van der Waals surface area contributed by atoms with Crippen LogP contribution in [0.5, 0.6) is 0 Å². The lowest BCUT2D eigenvalue weighted by molar-refractivity contribution is 0.657. The molecule has 0 fully saturated rings.